The molecule has 78 valence electrons. The van der Waals surface area contributed by atoms with Crippen LogP contribution in [0.4, 0.5) is 0 Å². The Morgan fingerprint density at radius 1 is 1.54 bits per heavy atom. The second kappa shape index (κ2) is 7.24. The Hall–Kier alpha value is -0.190. The molecule has 0 bridgehead atoms. The number of unbranched alkanes of at least 4 members (excludes halogenated alkanes) is 1. The maximum absolute atomic E-state index is 10.4. The Labute approximate surface area is 83.8 Å². The van der Waals surface area contributed by atoms with Crippen LogP contribution in [0.2, 0.25) is 0 Å². The predicted molar refractivity (Wildman–Crippen MR) is 57.1 cm³/mol. The first-order valence-electron chi connectivity index (χ1n) is 4.79. The lowest BCUT2D eigenvalue weighted by Crippen LogP contribution is -2.38. The summed E-state index contributed by atoms with van der Waals surface area (Å²) < 4.78 is 10.4. The van der Waals surface area contributed by atoms with Gasteiger partial charge in [0.25, 0.3) is 0 Å². The molecule has 0 spiro atoms. The summed E-state index contributed by atoms with van der Waals surface area (Å²) in [6.45, 7) is 6.93. The molecule has 0 aromatic rings. The van der Waals surface area contributed by atoms with E-state index >= 15 is 0 Å². The van der Waals surface area contributed by atoms with Gasteiger partial charge in [-0.3, -0.25) is 0 Å². The van der Waals surface area contributed by atoms with Gasteiger partial charge < -0.3 is 5.11 Å². The van der Waals surface area contributed by atoms with E-state index in [-0.39, 0.29) is 22.5 Å². The van der Waals surface area contributed by atoms with Crippen molar-refractivity contribution in [3.8, 4) is 0 Å². The van der Waals surface area contributed by atoms with Crippen molar-refractivity contribution in [1.82, 2.24) is 4.90 Å². The van der Waals surface area contributed by atoms with E-state index in [1.807, 2.05) is 13.8 Å². The van der Waals surface area contributed by atoms with Crippen LogP contribution in [0, 0.1) is 0 Å². The third kappa shape index (κ3) is 4.55. The zero-order chi connectivity index (χ0) is 10.3. The largest absolute Gasteiger partial charge is 0.340 e. The third-order valence-corrected chi connectivity index (χ3v) is 2.58. The quantitative estimate of drug-likeness (QED) is 0.695. The van der Waals surface area contributed by atoms with Crippen LogP contribution >= 0.6 is 0 Å². The van der Waals surface area contributed by atoms with Crippen molar-refractivity contribution < 1.29 is 9.32 Å². The highest BCUT2D eigenvalue weighted by Crippen LogP contribution is 2.05. The molecule has 0 radical (unpaired) electrons. The Kier molecular flexibility index (Phi) is 7.13. The van der Waals surface area contributed by atoms with Gasteiger partial charge >= 0.3 is 0 Å². The van der Waals surface area contributed by atoms with Crippen LogP contribution in [0.15, 0.2) is 0 Å². The lowest BCUT2D eigenvalue weighted by atomic mass is 10.2. The topological polar surface area (TPSA) is 40.5 Å². The molecule has 0 saturated heterocycles. The van der Waals surface area contributed by atoms with Crippen LogP contribution in [-0.2, 0) is 11.3 Å². The van der Waals surface area contributed by atoms with E-state index in [4.69, 9.17) is 0 Å². The van der Waals surface area contributed by atoms with Crippen molar-refractivity contribution in [3.63, 3.8) is 0 Å². The maximum atomic E-state index is 10.4. The van der Waals surface area contributed by atoms with Crippen LogP contribution in [0.1, 0.15) is 40.0 Å². The monoisotopic (exact) mass is 205 g/mol. The van der Waals surface area contributed by atoms with Gasteiger partial charge in [-0.1, -0.05) is 20.3 Å². The van der Waals surface area contributed by atoms with Gasteiger partial charge in [-0.05, 0) is 19.8 Å². The normalized spacial score (nSPS) is 13.0. The van der Waals surface area contributed by atoms with Gasteiger partial charge in [0.1, 0.15) is 11.3 Å². The predicted octanol–water partition coefficient (Wildman–Crippen LogP) is 1.75. The molecular weight excluding hydrogens is 186 g/mol. The zero-order valence-electron chi connectivity index (χ0n) is 8.62. The van der Waals surface area contributed by atoms with Gasteiger partial charge in [-0.25, -0.2) is 9.11 Å². The van der Waals surface area contributed by atoms with Gasteiger partial charge in [0.05, 0.1) is 0 Å². The van der Waals surface area contributed by atoms with E-state index in [0.29, 0.717) is 0 Å². The van der Waals surface area contributed by atoms with E-state index < -0.39 is 0 Å². The molecule has 0 aromatic heterocycles. The van der Waals surface area contributed by atoms with Crippen molar-refractivity contribution in [2.45, 2.75) is 46.1 Å². The molecule has 0 aliphatic rings. The Morgan fingerprint density at radius 3 is 2.54 bits per heavy atom. The standard InChI is InChI=1S/C9H19NO2S/c1-4-6-7-10(8(3)5-2)9(11)13-12/h8,11H,4-7H2,1-3H3. The fourth-order valence-electron chi connectivity index (χ4n) is 1.10. The fraction of sp³-hybridized carbons (Fsp3) is 0.889. The van der Waals surface area contributed by atoms with Gasteiger partial charge in [0.15, 0.2) is 0 Å². The van der Waals surface area contributed by atoms with Crippen LogP contribution in [-0.4, -0.2) is 32.0 Å². The number of aliphatic hydroxyl groups is 1. The Morgan fingerprint density at radius 2 is 2.15 bits per heavy atom. The SMILES string of the molecule is CCCCN(C(O)=S=O)C(C)CC. The average molecular weight is 205 g/mol. The molecule has 1 N–H and O–H groups in total. The van der Waals surface area contributed by atoms with Gasteiger partial charge in [-0.2, -0.15) is 0 Å². The Balaban J connectivity index is 4.27. The highest BCUT2D eigenvalue weighted by Gasteiger charge is 2.15. The number of nitrogens with zero attached hydrogens (tertiary/aromatic N) is 1. The molecular formula is C9H19NO2S. The second-order valence-corrected chi connectivity index (χ2v) is 3.70. The highest BCUT2D eigenvalue weighted by molar-refractivity contribution is 7.65. The Bertz CT molecular complexity index is 190. The summed E-state index contributed by atoms with van der Waals surface area (Å²) in [5.74, 6) is 0. The lowest BCUT2D eigenvalue weighted by Gasteiger charge is -2.25. The minimum Gasteiger partial charge on any atom is -0.340 e. The average Bonchev–Trinajstić information content (AvgIpc) is 2.17. The molecule has 0 rings (SSSR count). The van der Waals surface area contributed by atoms with Crippen molar-refractivity contribution in [2.75, 3.05) is 6.54 Å². The maximum Gasteiger partial charge on any atom is 0.217 e. The van der Waals surface area contributed by atoms with Gasteiger partial charge in [-0.15, -0.1) is 0 Å². The first-order chi connectivity index (χ1) is 6.17. The van der Waals surface area contributed by atoms with Crippen molar-refractivity contribution in [1.29, 1.82) is 0 Å². The van der Waals surface area contributed by atoms with E-state index in [0.717, 1.165) is 25.8 Å². The van der Waals surface area contributed by atoms with Crippen molar-refractivity contribution >= 4 is 16.4 Å². The third-order valence-electron chi connectivity index (χ3n) is 2.20. The van der Waals surface area contributed by atoms with Crippen LogP contribution in [0.3, 0.4) is 0 Å². The molecule has 0 saturated carbocycles. The van der Waals surface area contributed by atoms with Crippen LogP contribution in [0.25, 0.3) is 0 Å². The molecule has 0 fully saturated rings. The fourth-order valence-corrected chi connectivity index (χ4v) is 1.47. The number of hydrogen-bond acceptors (Lipinski definition) is 1. The summed E-state index contributed by atoms with van der Waals surface area (Å²) in [5.41, 5.74) is 0. The smallest absolute Gasteiger partial charge is 0.217 e. The number of hydrogen-bond donors (Lipinski definition) is 1. The van der Waals surface area contributed by atoms with Gasteiger partial charge in [0, 0.05) is 12.6 Å². The molecule has 1 unspecified atom stereocenters. The summed E-state index contributed by atoms with van der Waals surface area (Å²) in [7, 11) is 0. The molecule has 3 nitrogen and oxygen atoms in total. The van der Waals surface area contributed by atoms with Crippen molar-refractivity contribution in [3.05, 3.63) is 0 Å². The molecule has 0 amide bonds. The zero-order valence-corrected chi connectivity index (χ0v) is 9.43. The van der Waals surface area contributed by atoms with E-state index in [2.05, 4.69) is 6.92 Å². The van der Waals surface area contributed by atoms with Crippen LogP contribution < -0.4 is 0 Å². The molecule has 0 aromatic carbocycles. The second-order valence-electron chi connectivity index (χ2n) is 3.17. The number of rotatable bonds is 5. The summed E-state index contributed by atoms with van der Waals surface area (Å²) in [4.78, 5) is 1.78. The number of aliphatic hydroxyl groups excluding tert-OH is 1. The summed E-state index contributed by atoms with van der Waals surface area (Å²) in [6, 6.07) is 0.244. The molecule has 0 heterocycles. The molecule has 4 heteroatoms. The van der Waals surface area contributed by atoms with Crippen LogP contribution in [0.5, 0.6) is 0 Å². The molecule has 0 aliphatic heterocycles. The summed E-state index contributed by atoms with van der Waals surface area (Å²) >= 11 is 0.175. The minimum atomic E-state index is -0.0946. The molecule has 13 heavy (non-hydrogen) atoms. The van der Waals surface area contributed by atoms with E-state index in [1.165, 1.54) is 0 Å². The summed E-state index contributed by atoms with van der Waals surface area (Å²) in [6.07, 6.45) is 3.02. The first kappa shape index (κ1) is 12.8. The summed E-state index contributed by atoms with van der Waals surface area (Å²) in [5, 5.41) is 9.24. The molecule has 1 atom stereocenters. The first-order valence-corrected chi connectivity index (χ1v) is 5.53. The van der Waals surface area contributed by atoms with E-state index in [9.17, 15) is 9.32 Å². The lowest BCUT2D eigenvalue weighted by molar-refractivity contribution is 0.271. The highest BCUT2D eigenvalue weighted by atomic mass is 32.1. The van der Waals surface area contributed by atoms with Gasteiger partial charge in [0.2, 0.25) is 5.17 Å². The van der Waals surface area contributed by atoms with Crippen molar-refractivity contribution in [2.24, 2.45) is 0 Å². The van der Waals surface area contributed by atoms with E-state index in [1.54, 1.807) is 4.90 Å². The molecule has 0 aliphatic carbocycles. The minimum absolute atomic E-state index is 0.0946.